The molecule has 0 atom stereocenters. The molecule has 2 aromatic rings. The Morgan fingerprint density at radius 2 is 1.52 bits per heavy atom. The molecule has 23 heavy (non-hydrogen) atoms. The second-order valence-corrected chi connectivity index (χ2v) is 7.14. The minimum Gasteiger partial charge on any atom is -0.0654 e. The zero-order valence-corrected chi connectivity index (χ0v) is 14.7. The van der Waals surface area contributed by atoms with Crippen molar-refractivity contribution in [2.75, 3.05) is 0 Å². The Bertz CT molecular complexity index is 600. The summed E-state index contributed by atoms with van der Waals surface area (Å²) in [5.74, 6) is 1.73. The molecular formula is C23H30. The van der Waals surface area contributed by atoms with Gasteiger partial charge in [0.25, 0.3) is 0 Å². The topological polar surface area (TPSA) is 0 Å². The molecule has 122 valence electrons. The lowest BCUT2D eigenvalue weighted by molar-refractivity contribution is 0.308. The average molecular weight is 306 g/mol. The maximum Gasteiger partial charge on any atom is -0.0149 e. The van der Waals surface area contributed by atoms with Crippen molar-refractivity contribution in [3.8, 4) is 11.1 Å². The first-order chi connectivity index (χ1) is 11.3. The van der Waals surface area contributed by atoms with Crippen LogP contribution in [0, 0.1) is 5.92 Å². The fourth-order valence-corrected chi connectivity index (χ4v) is 4.21. The molecule has 0 saturated heterocycles. The molecule has 0 aliphatic heterocycles. The van der Waals surface area contributed by atoms with Crippen molar-refractivity contribution in [3.63, 3.8) is 0 Å². The monoisotopic (exact) mass is 306 g/mol. The van der Waals surface area contributed by atoms with Crippen LogP contribution in [-0.4, -0.2) is 0 Å². The van der Waals surface area contributed by atoms with Gasteiger partial charge in [-0.2, -0.15) is 0 Å². The molecule has 0 aromatic heterocycles. The van der Waals surface area contributed by atoms with Crippen LogP contribution in [0.25, 0.3) is 11.1 Å². The van der Waals surface area contributed by atoms with Crippen LogP contribution < -0.4 is 0 Å². The average Bonchev–Trinajstić information content (AvgIpc) is 2.63. The third-order valence-corrected chi connectivity index (χ3v) is 5.62. The lowest BCUT2D eigenvalue weighted by Gasteiger charge is -2.30. The summed E-state index contributed by atoms with van der Waals surface area (Å²) >= 11 is 0. The summed E-state index contributed by atoms with van der Waals surface area (Å²) in [6.45, 7) is 4.54. The molecule has 2 aromatic carbocycles. The fourth-order valence-electron chi connectivity index (χ4n) is 4.21. The van der Waals surface area contributed by atoms with Crippen LogP contribution in [0.5, 0.6) is 0 Å². The molecule has 0 spiro atoms. The van der Waals surface area contributed by atoms with E-state index in [4.69, 9.17) is 0 Å². The number of benzene rings is 2. The third kappa shape index (κ3) is 3.86. The van der Waals surface area contributed by atoms with Gasteiger partial charge in [0, 0.05) is 0 Å². The van der Waals surface area contributed by atoms with E-state index in [1.807, 2.05) is 0 Å². The normalized spacial score (nSPS) is 21.3. The van der Waals surface area contributed by atoms with Crippen molar-refractivity contribution in [3.05, 3.63) is 59.7 Å². The highest BCUT2D eigenvalue weighted by Gasteiger charge is 2.23. The molecule has 0 N–H and O–H groups in total. The van der Waals surface area contributed by atoms with Gasteiger partial charge in [0.2, 0.25) is 0 Å². The van der Waals surface area contributed by atoms with Gasteiger partial charge in [0.05, 0.1) is 0 Å². The maximum absolute atomic E-state index is 2.37. The predicted molar refractivity (Wildman–Crippen MR) is 101 cm³/mol. The summed E-state index contributed by atoms with van der Waals surface area (Å²) in [6.07, 6.45) is 9.46. The Morgan fingerprint density at radius 3 is 2.17 bits per heavy atom. The zero-order valence-electron chi connectivity index (χ0n) is 14.7. The van der Waals surface area contributed by atoms with Crippen molar-refractivity contribution in [1.29, 1.82) is 0 Å². The first-order valence-corrected chi connectivity index (χ1v) is 9.50. The minimum absolute atomic E-state index is 0.755. The van der Waals surface area contributed by atoms with Crippen molar-refractivity contribution >= 4 is 0 Å². The van der Waals surface area contributed by atoms with E-state index in [9.17, 15) is 0 Å². The van der Waals surface area contributed by atoms with E-state index in [2.05, 4.69) is 62.4 Å². The van der Waals surface area contributed by atoms with Crippen LogP contribution in [-0.2, 0) is 6.42 Å². The SMILES string of the molecule is CCC[C@H]1CC[C@H](c2ccccc2-c2ccc(CC)cc2)CC1. The lowest BCUT2D eigenvalue weighted by Crippen LogP contribution is -2.13. The molecule has 0 heterocycles. The second kappa shape index (κ2) is 7.81. The molecule has 1 fully saturated rings. The molecule has 0 unspecified atom stereocenters. The van der Waals surface area contributed by atoms with Crippen molar-refractivity contribution in [2.45, 2.75) is 64.7 Å². The van der Waals surface area contributed by atoms with Crippen LogP contribution in [0.2, 0.25) is 0 Å². The van der Waals surface area contributed by atoms with E-state index in [1.165, 1.54) is 55.2 Å². The molecule has 3 rings (SSSR count). The highest BCUT2D eigenvalue weighted by molar-refractivity contribution is 5.68. The van der Waals surface area contributed by atoms with Gasteiger partial charge < -0.3 is 0 Å². The Balaban J connectivity index is 1.81. The van der Waals surface area contributed by atoms with Gasteiger partial charge in [-0.05, 0) is 66.2 Å². The quantitative estimate of drug-likeness (QED) is 0.558. The van der Waals surface area contributed by atoms with Crippen molar-refractivity contribution < 1.29 is 0 Å². The second-order valence-electron chi connectivity index (χ2n) is 7.14. The van der Waals surface area contributed by atoms with Gasteiger partial charge in [0.1, 0.15) is 0 Å². The van der Waals surface area contributed by atoms with Crippen LogP contribution in [0.4, 0.5) is 0 Å². The molecular weight excluding hydrogens is 276 g/mol. The van der Waals surface area contributed by atoms with Crippen LogP contribution in [0.15, 0.2) is 48.5 Å². The summed E-state index contributed by atoms with van der Waals surface area (Å²) in [5.41, 5.74) is 5.83. The molecule has 1 saturated carbocycles. The third-order valence-electron chi connectivity index (χ3n) is 5.62. The Labute approximate surface area is 141 Å². The van der Waals surface area contributed by atoms with Crippen LogP contribution in [0.1, 0.15) is 69.4 Å². The van der Waals surface area contributed by atoms with Gasteiger partial charge in [-0.3, -0.25) is 0 Å². The predicted octanol–water partition coefficient (Wildman–Crippen LogP) is 6.99. The molecule has 0 nitrogen and oxygen atoms in total. The first kappa shape index (κ1) is 16.3. The van der Waals surface area contributed by atoms with E-state index in [0.29, 0.717) is 0 Å². The lowest BCUT2D eigenvalue weighted by atomic mass is 9.75. The number of rotatable bonds is 5. The maximum atomic E-state index is 2.37. The van der Waals surface area contributed by atoms with Crippen molar-refractivity contribution in [1.82, 2.24) is 0 Å². The molecule has 0 radical (unpaired) electrons. The highest BCUT2D eigenvalue weighted by atomic mass is 14.3. The zero-order chi connectivity index (χ0) is 16.1. The van der Waals surface area contributed by atoms with Gasteiger partial charge in [-0.1, -0.05) is 75.2 Å². The van der Waals surface area contributed by atoms with Gasteiger partial charge >= 0.3 is 0 Å². The summed E-state index contributed by atoms with van der Waals surface area (Å²) in [5, 5.41) is 0. The fraction of sp³-hybridized carbons (Fsp3) is 0.478. The molecule has 0 amide bonds. The minimum atomic E-state index is 0.755. The Kier molecular flexibility index (Phi) is 5.54. The van der Waals surface area contributed by atoms with Crippen molar-refractivity contribution in [2.24, 2.45) is 5.92 Å². The summed E-state index contributed by atoms with van der Waals surface area (Å²) in [7, 11) is 0. The molecule has 1 aliphatic carbocycles. The van der Waals surface area contributed by atoms with E-state index < -0.39 is 0 Å². The largest absolute Gasteiger partial charge is 0.0654 e. The molecule has 1 aliphatic rings. The van der Waals surface area contributed by atoms with Gasteiger partial charge in [0.15, 0.2) is 0 Å². The number of hydrogen-bond acceptors (Lipinski definition) is 0. The number of hydrogen-bond donors (Lipinski definition) is 0. The summed E-state index contributed by atoms with van der Waals surface area (Å²) in [6, 6.07) is 18.3. The first-order valence-electron chi connectivity index (χ1n) is 9.50. The van der Waals surface area contributed by atoms with Gasteiger partial charge in [-0.15, -0.1) is 0 Å². The highest BCUT2D eigenvalue weighted by Crippen LogP contribution is 2.41. The number of aryl methyl sites for hydroxylation is 1. The van der Waals surface area contributed by atoms with E-state index in [0.717, 1.165) is 18.3 Å². The molecule has 0 heteroatoms. The van der Waals surface area contributed by atoms with Crippen LogP contribution >= 0.6 is 0 Å². The van der Waals surface area contributed by atoms with Gasteiger partial charge in [-0.25, -0.2) is 0 Å². The van der Waals surface area contributed by atoms with E-state index >= 15 is 0 Å². The summed E-state index contributed by atoms with van der Waals surface area (Å²) < 4.78 is 0. The van der Waals surface area contributed by atoms with Crippen LogP contribution in [0.3, 0.4) is 0 Å². The van der Waals surface area contributed by atoms with E-state index in [1.54, 1.807) is 5.56 Å². The molecule has 0 bridgehead atoms. The Morgan fingerprint density at radius 1 is 0.826 bits per heavy atom. The summed E-state index contributed by atoms with van der Waals surface area (Å²) in [4.78, 5) is 0. The smallest absolute Gasteiger partial charge is 0.0149 e. The van der Waals surface area contributed by atoms with E-state index in [-0.39, 0.29) is 0 Å². The Hall–Kier alpha value is -1.56. The standard InChI is InChI=1S/C23H30/c1-3-7-19-12-16-21(17-13-19)23-9-6-5-8-22(23)20-14-10-18(4-2)11-15-20/h5-6,8-11,14-15,19,21H,3-4,7,12-13,16-17H2,1-2H3/t19-,21-.